The first-order valence-electron chi connectivity index (χ1n) is 9.10. The fraction of sp³-hybridized carbons (Fsp3) is 0.889. The predicted molar refractivity (Wildman–Crippen MR) is 89.2 cm³/mol. The van der Waals surface area contributed by atoms with Gasteiger partial charge in [-0.3, -0.25) is 9.59 Å². The average molecular weight is 341 g/mol. The Morgan fingerprint density at radius 2 is 1.75 bits per heavy atom. The monoisotopic (exact) mass is 341 g/mol. The summed E-state index contributed by atoms with van der Waals surface area (Å²) in [6, 6.07) is -0.187. The van der Waals surface area contributed by atoms with Gasteiger partial charge in [-0.05, 0) is 24.7 Å². The zero-order chi connectivity index (χ0) is 17.7. The molecule has 24 heavy (non-hydrogen) atoms. The van der Waals surface area contributed by atoms with Gasteiger partial charge in [0.05, 0.1) is 18.2 Å². The van der Waals surface area contributed by atoms with Crippen molar-refractivity contribution in [2.24, 2.45) is 11.8 Å². The first kappa shape index (κ1) is 19.2. The van der Waals surface area contributed by atoms with E-state index in [9.17, 15) is 9.59 Å². The maximum Gasteiger partial charge on any atom is 0.302 e. The molecular formula is C18H31NO5. The van der Waals surface area contributed by atoms with Gasteiger partial charge in [0.15, 0.2) is 6.29 Å². The lowest BCUT2D eigenvalue weighted by molar-refractivity contribution is -0.261. The second-order valence-corrected chi connectivity index (χ2v) is 7.19. The van der Waals surface area contributed by atoms with Gasteiger partial charge in [0, 0.05) is 13.8 Å². The van der Waals surface area contributed by atoms with Crippen LogP contribution in [0, 0.1) is 11.8 Å². The fourth-order valence-corrected chi connectivity index (χ4v) is 3.63. The molecule has 0 radical (unpaired) electrons. The largest absolute Gasteiger partial charge is 0.463 e. The summed E-state index contributed by atoms with van der Waals surface area (Å²) in [5.74, 6) is -0.0882. The van der Waals surface area contributed by atoms with Crippen LogP contribution in [0.15, 0.2) is 0 Å². The highest BCUT2D eigenvalue weighted by atomic mass is 16.7. The van der Waals surface area contributed by atoms with E-state index >= 15 is 0 Å². The molecule has 1 saturated heterocycles. The Labute approximate surface area is 144 Å². The molecule has 1 N–H and O–H groups in total. The number of amides is 1. The minimum absolute atomic E-state index is 0.0849. The zero-order valence-corrected chi connectivity index (χ0v) is 15.2. The molecule has 0 aromatic carbocycles. The van der Waals surface area contributed by atoms with Crippen LogP contribution >= 0.6 is 0 Å². The van der Waals surface area contributed by atoms with Crippen molar-refractivity contribution in [2.45, 2.75) is 84.3 Å². The van der Waals surface area contributed by atoms with E-state index in [1.807, 2.05) is 0 Å². The van der Waals surface area contributed by atoms with Gasteiger partial charge >= 0.3 is 5.97 Å². The molecule has 2 aliphatic rings. The molecule has 6 nitrogen and oxygen atoms in total. The van der Waals surface area contributed by atoms with Crippen LogP contribution in [0.1, 0.15) is 59.8 Å². The van der Waals surface area contributed by atoms with Crippen molar-refractivity contribution in [3.8, 4) is 0 Å². The van der Waals surface area contributed by atoms with Crippen LogP contribution < -0.4 is 5.32 Å². The molecule has 5 atom stereocenters. The number of carbonyl (C=O) groups excluding carboxylic acids is 2. The molecule has 1 amide bonds. The number of rotatable bonds is 5. The van der Waals surface area contributed by atoms with Crippen LogP contribution in [0.5, 0.6) is 0 Å². The Bertz CT molecular complexity index is 433. The first-order chi connectivity index (χ1) is 11.4. The van der Waals surface area contributed by atoms with Crippen LogP contribution in [0.2, 0.25) is 0 Å². The van der Waals surface area contributed by atoms with Crippen molar-refractivity contribution in [3.63, 3.8) is 0 Å². The van der Waals surface area contributed by atoms with E-state index in [1.54, 1.807) is 0 Å². The van der Waals surface area contributed by atoms with Crippen LogP contribution in [0.3, 0.4) is 0 Å². The van der Waals surface area contributed by atoms with Crippen molar-refractivity contribution >= 4 is 11.9 Å². The van der Waals surface area contributed by atoms with E-state index in [4.69, 9.17) is 14.2 Å². The third kappa shape index (κ3) is 5.18. The summed E-state index contributed by atoms with van der Waals surface area (Å²) in [6.07, 6.45) is 5.12. The molecule has 0 spiro atoms. The molecule has 0 bridgehead atoms. The normalized spacial score (nSPS) is 34.6. The third-order valence-electron chi connectivity index (χ3n) is 5.28. The van der Waals surface area contributed by atoms with Crippen molar-refractivity contribution in [1.29, 1.82) is 0 Å². The zero-order valence-electron chi connectivity index (χ0n) is 15.2. The molecule has 1 heterocycles. The van der Waals surface area contributed by atoms with Crippen LogP contribution in [-0.4, -0.2) is 43.0 Å². The number of esters is 1. The maximum atomic E-state index is 11.6. The predicted octanol–water partition coefficient (Wildman–Crippen LogP) is 2.40. The van der Waals surface area contributed by atoms with Crippen LogP contribution in [0.25, 0.3) is 0 Å². The van der Waals surface area contributed by atoms with Gasteiger partial charge in [0.25, 0.3) is 0 Å². The van der Waals surface area contributed by atoms with Gasteiger partial charge in [-0.2, -0.15) is 0 Å². The minimum atomic E-state index is -0.497. The molecular weight excluding hydrogens is 310 g/mol. The van der Waals surface area contributed by atoms with Crippen LogP contribution in [-0.2, 0) is 23.8 Å². The highest BCUT2D eigenvalue weighted by molar-refractivity contribution is 5.73. The number of nitrogens with one attached hydrogen (secondary N) is 1. The first-order valence-corrected chi connectivity index (χ1v) is 9.10. The summed E-state index contributed by atoms with van der Waals surface area (Å²) >= 11 is 0. The fourth-order valence-electron chi connectivity index (χ4n) is 3.63. The Balaban J connectivity index is 2.06. The Morgan fingerprint density at radius 3 is 2.33 bits per heavy atom. The highest BCUT2D eigenvalue weighted by Crippen LogP contribution is 2.33. The maximum absolute atomic E-state index is 11.6. The summed E-state index contributed by atoms with van der Waals surface area (Å²) in [7, 11) is 0. The number of hydrogen-bond acceptors (Lipinski definition) is 5. The van der Waals surface area contributed by atoms with E-state index in [0.29, 0.717) is 0 Å². The van der Waals surface area contributed by atoms with Gasteiger partial charge in [-0.1, -0.05) is 33.1 Å². The van der Waals surface area contributed by atoms with Crippen molar-refractivity contribution in [1.82, 2.24) is 5.32 Å². The lowest BCUT2D eigenvalue weighted by atomic mass is 9.82. The summed E-state index contributed by atoms with van der Waals surface area (Å²) < 4.78 is 17.5. The lowest BCUT2D eigenvalue weighted by Crippen LogP contribution is -2.59. The van der Waals surface area contributed by atoms with Crippen LogP contribution in [0.4, 0.5) is 0 Å². The van der Waals surface area contributed by atoms with Gasteiger partial charge in [0.1, 0.15) is 6.61 Å². The second kappa shape index (κ2) is 8.81. The summed E-state index contributed by atoms with van der Waals surface area (Å²) in [4.78, 5) is 22.7. The van der Waals surface area contributed by atoms with E-state index in [1.165, 1.54) is 33.1 Å². The number of carbonyl (C=O) groups is 2. The molecule has 138 valence electrons. The molecule has 6 heteroatoms. The van der Waals surface area contributed by atoms with Crippen molar-refractivity contribution < 1.29 is 23.8 Å². The smallest absolute Gasteiger partial charge is 0.302 e. The summed E-state index contributed by atoms with van der Waals surface area (Å²) in [6.45, 7) is 7.28. The molecule has 0 aromatic rings. The molecule has 2 unspecified atom stereocenters. The standard InChI is InChI=1S/C18H31NO5/c1-11-12(2)17(19-13(3)20)18(23-15-8-6-5-7-9-15)24-16(11)10-22-14(4)21/h11-12,15-18H,5-10H2,1-4H3,(H,19,20)/t11-,12+,16?,17?,18-/m1/s1. The molecule has 1 aliphatic carbocycles. The van der Waals surface area contributed by atoms with Gasteiger partial charge in [-0.15, -0.1) is 0 Å². The van der Waals surface area contributed by atoms with E-state index < -0.39 is 6.29 Å². The lowest BCUT2D eigenvalue weighted by Gasteiger charge is -2.45. The quantitative estimate of drug-likeness (QED) is 0.777. The Kier molecular flexibility index (Phi) is 7.04. The van der Waals surface area contributed by atoms with Crippen molar-refractivity contribution in [3.05, 3.63) is 0 Å². The van der Waals surface area contributed by atoms with E-state index in [0.717, 1.165) is 12.8 Å². The van der Waals surface area contributed by atoms with Gasteiger partial charge in [-0.25, -0.2) is 0 Å². The SMILES string of the molecule is CC(=O)NC1[C@H](OC2CCCCC2)OC(COC(C)=O)[C@H](C)[C@@H]1C. The van der Waals surface area contributed by atoms with E-state index in [2.05, 4.69) is 19.2 Å². The summed E-state index contributed by atoms with van der Waals surface area (Å²) in [5.41, 5.74) is 0. The van der Waals surface area contributed by atoms with Gasteiger partial charge < -0.3 is 19.5 Å². The Morgan fingerprint density at radius 1 is 1.08 bits per heavy atom. The average Bonchev–Trinajstić information content (AvgIpc) is 2.53. The highest BCUT2D eigenvalue weighted by Gasteiger charge is 2.43. The van der Waals surface area contributed by atoms with E-state index in [-0.39, 0.29) is 48.6 Å². The molecule has 1 saturated carbocycles. The van der Waals surface area contributed by atoms with Crippen molar-refractivity contribution in [2.75, 3.05) is 6.61 Å². The summed E-state index contributed by atoms with van der Waals surface area (Å²) in [5, 5.41) is 2.99. The molecule has 2 fully saturated rings. The Hall–Kier alpha value is -1.14. The number of ether oxygens (including phenoxy) is 3. The van der Waals surface area contributed by atoms with Gasteiger partial charge in [0.2, 0.25) is 5.91 Å². The second-order valence-electron chi connectivity index (χ2n) is 7.19. The molecule has 0 aromatic heterocycles. The minimum Gasteiger partial charge on any atom is -0.463 e. The third-order valence-corrected chi connectivity index (χ3v) is 5.28. The molecule has 1 aliphatic heterocycles. The molecule has 2 rings (SSSR count). The number of hydrogen-bond donors (Lipinski definition) is 1. The topological polar surface area (TPSA) is 73.9 Å².